The van der Waals surface area contributed by atoms with Crippen LogP contribution in [0.2, 0.25) is 5.02 Å². The molecule has 10 heteroatoms. The number of ether oxygens (including phenoxy) is 1. The Hall–Kier alpha value is -3.22. The van der Waals surface area contributed by atoms with E-state index in [1.807, 2.05) is 6.07 Å². The van der Waals surface area contributed by atoms with Gasteiger partial charge in [-0.25, -0.2) is 4.98 Å². The molecule has 0 spiro atoms. The zero-order valence-electron chi connectivity index (χ0n) is 16.3. The predicted molar refractivity (Wildman–Crippen MR) is 107 cm³/mol. The summed E-state index contributed by atoms with van der Waals surface area (Å²) in [6.45, 7) is 1.66. The fourth-order valence-corrected chi connectivity index (χ4v) is 4.52. The van der Waals surface area contributed by atoms with Crippen LogP contribution in [-0.2, 0) is 10.3 Å². The van der Waals surface area contributed by atoms with Crippen molar-refractivity contribution in [3.05, 3.63) is 45.8 Å². The first-order chi connectivity index (χ1) is 14.5. The van der Waals surface area contributed by atoms with Gasteiger partial charge >= 0.3 is 0 Å². The van der Waals surface area contributed by atoms with Crippen molar-refractivity contribution in [2.45, 2.75) is 38.2 Å². The molecule has 1 aliphatic carbocycles. The molecule has 0 unspecified atom stereocenters. The van der Waals surface area contributed by atoms with Crippen LogP contribution in [0.1, 0.15) is 42.8 Å². The average Bonchev–Trinajstić information content (AvgIpc) is 3.50. The number of benzene rings is 1. The summed E-state index contributed by atoms with van der Waals surface area (Å²) >= 11 is 6.13. The lowest BCUT2D eigenvalue weighted by molar-refractivity contribution is -0.583. The van der Waals surface area contributed by atoms with Crippen molar-refractivity contribution < 1.29 is 14.0 Å². The summed E-state index contributed by atoms with van der Waals surface area (Å²) in [5, 5.41) is 26.9. The summed E-state index contributed by atoms with van der Waals surface area (Å²) < 4.78 is 13.7. The first-order valence-corrected chi connectivity index (χ1v) is 9.90. The summed E-state index contributed by atoms with van der Waals surface area (Å²) in [4.78, 5) is 9.02. The van der Waals surface area contributed by atoms with Crippen molar-refractivity contribution in [1.29, 1.82) is 5.26 Å². The first-order valence-electron chi connectivity index (χ1n) is 9.52. The minimum absolute atomic E-state index is 0.120. The standard InChI is InChI=1S/C20H17ClN6O3/c1-11-16-15(18-24-19(30-25-18)20(29-2)7-3-4-8-20)23-10-26(16)14-6-5-13(21)12(9-22)17(14)27(11)28/h5-6,10H,3-4,7-8H2,1-2H3. The number of halogens is 1. The Bertz CT molecular complexity index is 1350. The van der Waals surface area contributed by atoms with E-state index >= 15 is 0 Å². The Kier molecular flexibility index (Phi) is 4.17. The highest BCUT2D eigenvalue weighted by atomic mass is 35.5. The van der Waals surface area contributed by atoms with Crippen molar-refractivity contribution in [3.63, 3.8) is 0 Å². The van der Waals surface area contributed by atoms with E-state index in [4.69, 9.17) is 20.9 Å². The molecule has 30 heavy (non-hydrogen) atoms. The van der Waals surface area contributed by atoms with E-state index in [0.717, 1.165) is 25.7 Å². The number of fused-ring (bicyclic) bond motifs is 3. The zero-order chi connectivity index (χ0) is 21.0. The molecule has 0 saturated heterocycles. The van der Waals surface area contributed by atoms with E-state index in [1.165, 1.54) is 0 Å². The molecule has 5 rings (SSSR count). The molecular formula is C20H17ClN6O3. The van der Waals surface area contributed by atoms with E-state index in [2.05, 4.69) is 15.1 Å². The Morgan fingerprint density at radius 1 is 1.37 bits per heavy atom. The monoisotopic (exact) mass is 424 g/mol. The zero-order valence-corrected chi connectivity index (χ0v) is 17.1. The van der Waals surface area contributed by atoms with E-state index in [-0.39, 0.29) is 21.9 Å². The second kappa shape index (κ2) is 6.65. The summed E-state index contributed by atoms with van der Waals surface area (Å²) in [6, 6.07) is 5.29. The molecule has 3 heterocycles. The third-order valence-corrected chi connectivity index (χ3v) is 6.24. The molecular weight excluding hydrogens is 408 g/mol. The third kappa shape index (κ3) is 2.44. The molecule has 4 aromatic rings. The van der Waals surface area contributed by atoms with Gasteiger partial charge < -0.3 is 14.5 Å². The molecule has 1 saturated carbocycles. The van der Waals surface area contributed by atoms with Gasteiger partial charge in [-0.1, -0.05) is 16.8 Å². The number of aryl methyl sites for hydroxylation is 1. The van der Waals surface area contributed by atoms with Crippen LogP contribution in [0.15, 0.2) is 23.0 Å². The van der Waals surface area contributed by atoms with Crippen LogP contribution in [0.25, 0.3) is 28.1 Å². The normalized spacial score (nSPS) is 15.8. The van der Waals surface area contributed by atoms with Gasteiger partial charge in [0.25, 0.3) is 11.4 Å². The van der Waals surface area contributed by atoms with E-state index in [0.29, 0.717) is 33.0 Å². The maximum Gasteiger partial charge on any atom is 0.260 e. The fourth-order valence-electron chi connectivity index (χ4n) is 4.32. The van der Waals surface area contributed by atoms with Gasteiger partial charge in [-0.3, -0.25) is 4.40 Å². The summed E-state index contributed by atoms with van der Waals surface area (Å²) in [5.41, 5.74) is 1.56. The van der Waals surface area contributed by atoms with Crippen molar-refractivity contribution in [2.75, 3.05) is 7.11 Å². The van der Waals surface area contributed by atoms with Gasteiger partial charge in [-0.2, -0.15) is 15.0 Å². The maximum atomic E-state index is 13.0. The van der Waals surface area contributed by atoms with Crippen LogP contribution in [0.3, 0.4) is 0 Å². The average molecular weight is 425 g/mol. The topological polar surface area (TPSA) is 116 Å². The van der Waals surface area contributed by atoms with Gasteiger partial charge in [-0.15, -0.1) is 0 Å². The number of nitrogens with zero attached hydrogens (tertiary/aromatic N) is 6. The molecule has 0 radical (unpaired) electrons. The second-order valence-corrected chi connectivity index (χ2v) is 7.83. The molecule has 0 amide bonds. The molecule has 0 bridgehead atoms. The summed E-state index contributed by atoms with van der Waals surface area (Å²) in [6.07, 6.45) is 5.27. The van der Waals surface area contributed by atoms with Crippen LogP contribution in [0, 0.1) is 23.5 Å². The van der Waals surface area contributed by atoms with Crippen LogP contribution >= 0.6 is 11.6 Å². The van der Waals surface area contributed by atoms with Gasteiger partial charge in [0.15, 0.2) is 0 Å². The smallest absolute Gasteiger partial charge is 0.260 e. The van der Waals surface area contributed by atoms with Gasteiger partial charge in [0.05, 0.1) is 5.02 Å². The fraction of sp³-hybridized carbons (Fsp3) is 0.350. The molecule has 9 nitrogen and oxygen atoms in total. The van der Waals surface area contributed by atoms with Gasteiger partial charge in [0.1, 0.15) is 40.3 Å². The van der Waals surface area contributed by atoms with Crippen molar-refractivity contribution in [3.8, 4) is 17.6 Å². The minimum atomic E-state index is -0.570. The Balaban J connectivity index is 1.74. The van der Waals surface area contributed by atoms with Crippen LogP contribution in [0.5, 0.6) is 0 Å². The predicted octanol–water partition coefficient (Wildman–Crippen LogP) is 3.42. The molecule has 0 N–H and O–H groups in total. The lowest BCUT2D eigenvalue weighted by atomic mass is 10.0. The number of methoxy groups -OCH3 is 1. The van der Waals surface area contributed by atoms with Crippen LogP contribution < -0.4 is 4.73 Å². The highest BCUT2D eigenvalue weighted by Crippen LogP contribution is 2.41. The molecule has 1 aliphatic rings. The van der Waals surface area contributed by atoms with Crippen molar-refractivity contribution in [1.82, 2.24) is 19.5 Å². The second-order valence-electron chi connectivity index (χ2n) is 7.42. The van der Waals surface area contributed by atoms with E-state index < -0.39 is 5.60 Å². The first kappa shape index (κ1) is 18.8. The van der Waals surface area contributed by atoms with Crippen molar-refractivity contribution >= 4 is 28.2 Å². The molecule has 0 aliphatic heterocycles. The largest absolute Gasteiger partial charge is 0.618 e. The number of aromatic nitrogens is 5. The van der Waals surface area contributed by atoms with Crippen molar-refractivity contribution in [2.24, 2.45) is 0 Å². The van der Waals surface area contributed by atoms with Crippen LogP contribution in [0.4, 0.5) is 0 Å². The number of hydrogen-bond donors (Lipinski definition) is 0. The lowest BCUT2D eigenvalue weighted by Gasteiger charge is -2.21. The Morgan fingerprint density at radius 3 is 2.83 bits per heavy atom. The Labute approximate surface area is 176 Å². The lowest BCUT2D eigenvalue weighted by Crippen LogP contribution is -2.33. The van der Waals surface area contributed by atoms with Crippen LogP contribution in [-0.4, -0.2) is 26.6 Å². The van der Waals surface area contributed by atoms with Gasteiger partial charge in [0.2, 0.25) is 11.5 Å². The minimum Gasteiger partial charge on any atom is -0.618 e. The molecule has 0 atom stereocenters. The number of rotatable bonds is 3. The summed E-state index contributed by atoms with van der Waals surface area (Å²) in [7, 11) is 1.65. The number of hydrogen-bond acceptors (Lipinski definition) is 7. The summed E-state index contributed by atoms with van der Waals surface area (Å²) in [5.74, 6) is 0.707. The number of imidazole rings is 1. The highest BCUT2D eigenvalue weighted by Gasteiger charge is 2.41. The maximum absolute atomic E-state index is 13.0. The number of nitriles is 1. The SMILES string of the molecule is COC1(c2nc(-c3ncn4c3c(C)[n+]([O-])c3c(C#N)c(Cl)ccc34)no2)CCCC1. The van der Waals surface area contributed by atoms with E-state index in [9.17, 15) is 10.5 Å². The molecule has 152 valence electrons. The highest BCUT2D eigenvalue weighted by molar-refractivity contribution is 6.32. The third-order valence-electron chi connectivity index (χ3n) is 5.92. The molecule has 3 aromatic heterocycles. The van der Waals surface area contributed by atoms with Gasteiger partial charge in [-0.05, 0) is 37.8 Å². The van der Waals surface area contributed by atoms with Gasteiger partial charge in [0, 0.05) is 14.0 Å². The Morgan fingerprint density at radius 2 is 2.13 bits per heavy atom. The quantitative estimate of drug-likeness (QED) is 0.365. The molecule has 1 fully saturated rings. The molecule has 1 aromatic carbocycles. The van der Waals surface area contributed by atoms with E-state index in [1.54, 1.807) is 36.9 Å².